The van der Waals surface area contributed by atoms with Crippen molar-refractivity contribution in [1.29, 1.82) is 0 Å². The molecule has 5 rings (SSSR count). The molecule has 1 unspecified atom stereocenters. The van der Waals surface area contributed by atoms with Gasteiger partial charge in [-0.3, -0.25) is 4.90 Å². The normalized spacial score (nSPS) is 18.8. The zero-order chi connectivity index (χ0) is 21.9. The number of aromatic nitrogens is 1. The Kier molecular flexibility index (Phi) is 6.66. The first-order valence-electron chi connectivity index (χ1n) is 12.1. The van der Waals surface area contributed by atoms with Crippen molar-refractivity contribution in [1.82, 2.24) is 9.88 Å². The van der Waals surface area contributed by atoms with Crippen molar-refractivity contribution in [3.8, 4) is 0 Å². The van der Waals surface area contributed by atoms with E-state index in [4.69, 9.17) is 11.6 Å². The molecule has 0 spiro atoms. The molecule has 2 heterocycles. The average molecular weight is 451 g/mol. The summed E-state index contributed by atoms with van der Waals surface area (Å²) in [5.41, 5.74) is 6.52. The molecule has 0 amide bonds. The number of nitrogens with zero attached hydrogens (tertiary/aromatic N) is 1. The molecule has 168 valence electrons. The molecule has 1 aliphatic carbocycles. The van der Waals surface area contributed by atoms with E-state index in [1.165, 1.54) is 57.1 Å². The van der Waals surface area contributed by atoms with Gasteiger partial charge < -0.3 is 4.98 Å². The minimum atomic E-state index is -0.352. The predicted octanol–water partition coefficient (Wildman–Crippen LogP) is 7.73. The number of unbranched alkanes of at least 4 members (excludes halogenated alkanes) is 3. The van der Waals surface area contributed by atoms with E-state index in [0.717, 1.165) is 41.9 Å². The number of H-pyrrole nitrogens is 1. The van der Waals surface area contributed by atoms with Crippen molar-refractivity contribution in [2.24, 2.45) is 0 Å². The summed E-state index contributed by atoms with van der Waals surface area (Å²) in [5, 5.41) is 1.10. The molecule has 1 aliphatic heterocycles. The Labute approximate surface area is 195 Å². The molecule has 0 saturated carbocycles. The van der Waals surface area contributed by atoms with Crippen molar-refractivity contribution in [3.05, 3.63) is 76.2 Å². The van der Waals surface area contributed by atoms with Crippen LogP contribution >= 0.6 is 11.6 Å². The highest BCUT2D eigenvalue weighted by atomic mass is 35.5. The maximum atomic E-state index is 13.9. The quantitative estimate of drug-likeness (QED) is 0.348. The number of aryl methyl sites for hydroxylation is 1. The van der Waals surface area contributed by atoms with Crippen LogP contribution in [0, 0.1) is 5.82 Å². The molecule has 4 heteroatoms. The van der Waals surface area contributed by atoms with Crippen LogP contribution in [-0.4, -0.2) is 29.5 Å². The monoisotopic (exact) mass is 450 g/mol. The van der Waals surface area contributed by atoms with Gasteiger partial charge in [-0.2, -0.15) is 0 Å². The van der Waals surface area contributed by atoms with E-state index in [2.05, 4.69) is 40.2 Å². The minimum Gasteiger partial charge on any atom is -0.361 e. The lowest BCUT2D eigenvalue weighted by molar-refractivity contribution is 0.293. The van der Waals surface area contributed by atoms with Gasteiger partial charge in [-0.15, -0.1) is 0 Å². The van der Waals surface area contributed by atoms with E-state index in [1.807, 2.05) is 6.20 Å². The highest BCUT2D eigenvalue weighted by molar-refractivity contribution is 6.31. The molecule has 32 heavy (non-hydrogen) atoms. The van der Waals surface area contributed by atoms with E-state index >= 15 is 0 Å². The number of rotatable bonds is 8. The zero-order valence-electron chi connectivity index (χ0n) is 18.7. The fourth-order valence-corrected chi connectivity index (χ4v) is 5.73. The fourth-order valence-electron chi connectivity index (χ4n) is 5.57. The van der Waals surface area contributed by atoms with Gasteiger partial charge in [0.25, 0.3) is 0 Å². The average Bonchev–Trinajstić information content (AvgIpc) is 3.41. The standard InChI is InChI=1S/C28H32ClFN2/c29-26-18-28-24(17-27(26)30)25(19-31-28)22-12-15-32(16-13-22)14-6-2-1-3-7-20-10-11-21-8-4-5-9-23(20)21/h4-5,8-9,12,17-20,31H,1-3,6-7,10-11,13-16H2. The van der Waals surface area contributed by atoms with Gasteiger partial charge in [-0.25, -0.2) is 4.39 Å². The summed E-state index contributed by atoms with van der Waals surface area (Å²) in [6, 6.07) is 12.3. The van der Waals surface area contributed by atoms with Gasteiger partial charge >= 0.3 is 0 Å². The molecule has 0 fully saturated rings. The summed E-state index contributed by atoms with van der Waals surface area (Å²) in [6.45, 7) is 3.23. The minimum absolute atomic E-state index is 0.169. The lowest BCUT2D eigenvalue weighted by Crippen LogP contribution is -2.29. The van der Waals surface area contributed by atoms with Crippen LogP contribution in [0.5, 0.6) is 0 Å². The number of aromatic amines is 1. The Morgan fingerprint density at radius 3 is 2.81 bits per heavy atom. The van der Waals surface area contributed by atoms with Gasteiger partial charge in [0.1, 0.15) is 5.82 Å². The van der Waals surface area contributed by atoms with Gasteiger partial charge in [0.2, 0.25) is 0 Å². The summed E-state index contributed by atoms with van der Waals surface area (Å²) in [7, 11) is 0. The largest absolute Gasteiger partial charge is 0.361 e. The van der Waals surface area contributed by atoms with Crippen LogP contribution in [0.1, 0.15) is 67.6 Å². The second-order valence-electron chi connectivity index (χ2n) is 9.43. The first-order valence-corrected chi connectivity index (χ1v) is 12.5. The Morgan fingerprint density at radius 2 is 1.94 bits per heavy atom. The number of benzene rings is 2. The van der Waals surface area contributed by atoms with Gasteiger partial charge in [0, 0.05) is 35.8 Å². The lowest BCUT2D eigenvalue weighted by Gasteiger charge is -2.26. The highest BCUT2D eigenvalue weighted by Crippen LogP contribution is 2.36. The second-order valence-corrected chi connectivity index (χ2v) is 9.84. The van der Waals surface area contributed by atoms with E-state index in [1.54, 1.807) is 23.3 Å². The van der Waals surface area contributed by atoms with Crippen LogP contribution in [0.2, 0.25) is 5.02 Å². The Hall–Kier alpha value is -2.10. The summed E-state index contributed by atoms with van der Waals surface area (Å²) in [6.07, 6.45) is 14.6. The maximum absolute atomic E-state index is 13.9. The first-order chi connectivity index (χ1) is 15.7. The topological polar surface area (TPSA) is 19.0 Å². The van der Waals surface area contributed by atoms with Crippen molar-refractivity contribution < 1.29 is 4.39 Å². The molecule has 2 aromatic carbocycles. The summed E-state index contributed by atoms with van der Waals surface area (Å²) in [4.78, 5) is 5.78. The van der Waals surface area contributed by atoms with Crippen LogP contribution in [-0.2, 0) is 6.42 Å². The SMILES string of the molecule is Fc1cc2c(C3=CCN(CCCCCCC4CCc5ccccc54)CC3)c[nH]c2cc1Cl. The summed E-state index contributed by atoms with van der Waals surface area (Å²) in [5.74, 6) is 0.445. The third kappa shape index (κ3) is 4.65. The molecule has 0 radical (unpaired) electrons. The first kappa shape index (κ1) is 21.7. The van der Waals surface area contributed by atoms with E-state index < -0.39 is 0 Å². The number of hydrogen-bond acceptors (Lipinski definition) is 1. The van der Waals surface area contributed by atoms with E-state index in [0.29, 0.717) is 0 Å². The van der Waals surface area contributed by atoms with E-state index in [9.17, 15) is 4.39 Å². The van der Waals surface area contributed by atoms with Gasteiger partial charge in [-0.05, 0) is 73.4 Å². The molecule has 0 saturated heterocycles. The van der Waals surface area contributed by atoms with E-state index in [-0.39, 0.29) is 10.8 Å². The Bertz CT molecular complexity index is 1120. The van der Waals surface area contributed by atoms with Crippen LogP contribution in [0.25, 0.3) is 16.5 Å². The molecule has 1 N–H and O–H groups in total. The van der Waals surface area contributed by atoms with Crippen LogP contribution in [0.4, 0.5) is 4.39 Å². The molecule has 1 aromatic heterocycles. The van der Waals surface area contributed by atoms with Gasteiger partial charge in [0.05, 0.1) is 5.02 Å². The molecule has 2 aliphatic rings. The van der Waals surface area contributed by atoms with Crippen LogP contribution in [0.3, 0.4) is 0 Å². The molecule has 1 atom stereocenters. The summed E-state index contributed by atoms with van der Waals surface area (Å²) >= 11 is 5.92. The third-order valence-electron chi connectivity index (χ3n) is 7.40. The Morgan fingerprint density at radius 1 is 1.06 bits per heavy atom. The van der Waals surface area contributed by atoms with Crippen molar-refractivity contribution in [2.75, 3.05) is 19.6 Å². The molecular weight excluding hydrogens is 419 g/mol. The van der Waals surface area contributed by atoms with Crippen LogP contribution in [0.15, 0.2) is 48.7 Å². The second kappa shape index (κ2) is 9.80. The number of hydrogen-bond donors (Lipinski definition) is 1. The summed E-state index contributed by atoms with van der Waals surface area (Å²) < 4.78 is 13.9. The third-order valence-corrected chi connectivity index (χ3v) is 7.69. The van der Waals surface area contributed by atoms with Crippen LogP contribution < -0.4 is 0 Å². The lowest BCUT2D eigenvalue weighted by atomic mass is 9.95. The molecule has 3 aromatic rings. The fraction of sp³-hybridized carbons (Fsp3) is 0.429. The molecule has 2 nitrogen and oxygen atoms in total. The number of fused-ring (bicyclic) bond motifs is 2. The van der Waals surface area contributed by atoms with Gasteiger partial charge in [-0.1, -0.05) is 61.2 Å². The van der Waals surface area contributed by atoms with Crippen molar-refractivity contribution in [3.63, 3.8) is 0 Å². The molecule has 0 bridgehead atoms. The molecular formula is C28H32ClFN2. The van der Waals surface area contributed by atoms with Crippen molar-refractivity contribution in [2.45, 2.75) is 57.3 Å². The predicted molar refractivity (Wildman–Crippen MR) is 133 cm³/mol. The van der Waals surface area contributed by atoms with Crippen molar-refractivity contribution >= 4 is 28.1 Å². The van der Waals surface area contributed by atoms with Gasteiger partial charge in [0.15, 0.2) is 0 Å². The zero-order valence-corrected chi connectivity index (χ0v) is 19.4. The smallest absolute Gasteiger partial charge is 0.142 e. The maximum Gasteiger partial charge on any atom is 0.142 e. The Balaban J connectivity index is 1.05. The highest BCUT2D eigenvalue weighted by Gasteiger charge is 2.21. The number of halogens is 2. The number of nitrogens with one attached hydrogen (secondary N) is 1.